The number of phenolic OH excluding ortho intramolecular Hbond substituents is 1. The second kappa shape index (κ2) is 19.8. The van der Waals surface area contributed by atoms with Gasteiger partial charge in [0.15, 0.2) is 0 Å². The molecule has 0 bridgehead atoms. The quantitative estimate of drug-likeness (QED) is 0.165. The molecule has 81 heavy (non-hydrogen) atoms. The summed E-state index contributed by atoms with van der Waals surface area (Å²) in [6.45, 7) is 27.0. The van der Waals surface area contributed by atoms with Gasteiger partial charge in [0, 0.05) is 50.6 Å². The summed E-state index contributed by atoms with van der Waals surface area (Å²) in [5.74, 6) is 0.937. The van der Waals surface area contributed by atoms with Crippen LogP contribution in [0.3, 0.4) is 0 Å². The molecule has 12 aromatic rings. The average Bonchev–Trinajstić information content (AvgIpc) is 4.05. The van der Waals surface area contributed by atoms with Crippen LogP contribution in [0.5, 0.6) is 5.75 Å². The molecule has 0 saturated carbocycles. The molecule has 0 aliphatic carbocycles. The molecule has 402 valence electrons. The van der Waals surface area contributed by atoms with Crippen LogP contribution in [0.15, 0.2) is 212 Å². The molecule has 5 heteroatoms. The number of imidazole rings is 1. The van der Waals surface area contributed by atoms with Gasteiger partial charge in [0.25, 0.3) is 0 Å². The summed E-state index contributed by atoms with van der Waals surface area (Å²) in [7, 11) is 0. The highest BCUT2D eigenvalue weighted by Gasteiger charge is 2.31. The highest BCUT2D eigenvalue weighted by Crippen LogP contribution is 2.47. The number of hydrogen-bond donors (Lipinski definition) is 1. The van der Waals surface area contributed by atoms with Crippen molar-refractivity contribution in [2.45, 2.75) is 105 Å². The van der Waals surface area contributed by atoms with E-state index in [2.05, 4.69) is 298 Å². The third kappa shape index (κ3) is 9.83. The molecular formula is C76H72N4O. The molecule has 0 aliphatic heterocycles. The van der Waals surface area contributed by atoms with E-state index in [-0.39, 0.29) is 27.4 Å². The van der Waals surface area contributed by atoms with Crippen LogP contribution in [0.1, 0.15) is 105 Å². The minimum absolute atomic E-state index is 0.160. The molecule has 0 fully saturated rings. The Morgan fingerprint density at radius 3 is 1.54 bits per heavy atom. The number of phenols is 1. The minimum atomic E-state index is -0.361. The molecule has 0 amide bonds. The zero-order valence-corrected chi connectivity index (χ0v) is 48.9. The van der Waals surface area contributed by atoms with Crippen LogP contribution >= 0.6 is 0 Å². The number of hydrogen-bond acceptors (Lipinski definition) is 3. The zero-order chi connectivity index (χ0) is 56.8. The summed E-state index contributed by atoms with van der Waals surface area (Å²) >= 11 is 0. The maximum absolute atomic E-state index is 12.9. The smallest absolute Gasteiger partial charge is 0.149 e. The minimum Gasteiger partial charge on any atom is -0.507 e. The normalized spacial score (nSPS) is 12.5. The Morgan fingerprint density at radius 2 is 0.914 bits per heavy atom. The predicted molar refractivity (Wildman–Crippen MR) is 342 cm³/mol. The van der Waals surface area contributed by atoms with E-state index in [9.17, 15) is 5.11 Å². The van der Waals surface area contributed by atoms with E-state index in [4.69, 9.17) is 9.97 Å². The number of nitrogens with zero attached hydrogens (tertiary/aromatic N) is 4. The first-order chi connectivity index (χ1) is 38.6. The van der Waals surface area contributed by atoms with Gasteiger partial charge in [-0.15, -0.1) is 0 Å². The molecule has 0 atom stereocenters. The van der Waals surface area contributed by atoms with E-state index >= 15 is 0 Å². The van der Waals surface area contributed by atoms with Crippen LogP contribution in [0.2, 0.25) is 0 Å². The van der Waals surface area contributed by atoms with Crippen molar-refractivity contribution in [1.82, 2.24) is 19.1 Å². The van der Waals surface area contributed by atoms with Crippen molar-refractivity contribution in [3.05, 3.63) is 235 Å². The lowest BCUT2D eigenvalue weighted by molar-refractivity contribution is 0.446. The van der Waals surface area contributed by atoms with Crippen molar-refractivity contribution < 1.29 is 5.11 Å². The van der Waals surface area contributed by atoms with Gasteiger partial charge in [-0.3, -0.25) is 9.55 Å². The van der Waals surface area contributed by atoms with Gasteiger partial charge < -0.3 is 9.67 Å². The number of rotatable bonds is 8. The maximum Gasteiger partial charge on any atom is 0.149 e. The van der Waals surface area contributed by atoms with E-state index in [1.165, 1.54) is 27.4 Å². The standard InChI is InChI=1S/C76H72N4O/c1-73(2,3)55-43-56(74(4,5)6)45-59(44-55)80-68-42-52(49-27-18-14-19-28-49)40-63(69(68)78-72(80)64-46-57(75(7,8)9)47-65(71(64)81)76(10,11)12)53-37-51(48-25-16-13-17-26-48)38-54(39-53)66-41-50(35-36-77-66)60-32-24-33-62-61-31-22-23-34-67(61)79(70(60)62)58-29-20-15-21-30-58/h13-47,81H,1-12H3. The van der Waals surface area contributed by atoms with E-state index in [0.717, 1.165) is 94.8 Å². The molecule has 0 radical (unpaired) electrons. The Balaban J connectivity index is 1.17. The first-order valence-corrected chi connectivity index (χ1v) is 28.5. The van der Waals surface area contributed by atoms with Crippen molar-refractivity contribution in [2.75, 3.05) is 0 Å². The second-order valence-electron chi connectivity index (χ2n) is 26.2. The number of aromatic hydroxyl groups is 1. The number of fused-ring (bicyclic) bond motifs is 4. The van der Waals surface area contributed by atoms with Gasteiger partial charge in [0.2, 0.25) is 0 Å². The number of aromatic nitrogens is 4. The highest BCUT2D eigenvalue weighted by atomic mass is 16.3. The van der Waals surface area contributed by atoms with Crippen molar-refractivity contribution >= 4 is 32.8 Å². The summed E-state index contributed by atoms with van der Waals surface area (Å²) in [5, 5.41) is 15.3. The van der Waals surface area contributed by atoms with Gasteiger partial charge in [-0.05, 0) is 151 Å². The van der Waals surface area contributed by atoms with Crippen LogP contribution in [-0.2, 0) is 21.7 Å². The first-order valence-electron chi connectivity index (χ1n) is 28.5. The van der Waals surface area contributed by atoms with Crippen LogP contribution in [0.25, 0.3) is 111 Å². The lowest BCUT2D eigenvalue weighted by atomic mass is 9.78. The summed E-state index contributed by atoms with van der Waals surface area (Å²) in [6, 6.07) is 74.8. The number of pyridine rings is 1. The highest BCUT2D eigenvalue weighted by molar-refractivity contribution is 6.14. The fraction of sp³-hybridized carbons (Fsp3) is 0.211. The Bertz CT molecular complexity index is 4330. The van der Waals surface area contributed by atoms with E-state index in [1.807, 2.05) is 6.20 Å². The monoisotopic (exact) mass is 1060 g/mol. The Hall–Kier alpha value is -8.80. The molecule has 12 rings (SSSR count). The topological polar surface area (TPSA) is 55.9 Å². The predicted octanol–water partition coefficient (Wildman–Crippen LogP) is 20.4. The van der Waals surface area contributed by atoms with E-state index in [0.29, 0.717) is 11.4 Å². The molecule has 1 N–H and O–H groups in total. The van der Waals surface area contributed by atoms with Crippen molar-refractivity contribution in [3.8, 4) is 84.3 Å². The van der Waals surface area contributed by atoms with Gasteiger partial charge in [-0.2, -0.15) is 0 Å². The third-order valence-electron chi connectivity index (χ3n) is 16.2. The summed E-state index contributed by atoms with van der Waals surface area (Å²) in [6.07, 6.45) is 1.96. The molecule has 0 aliphatic rings. The van der Waals surface area contributed by atoms with Gasteiger partial charge in [0.05, 0.1) is 33.3 Å². The number of para-hydroxylation sites is 3. The summed E-state index contributed by atoms with van der Waals surface area (Å²) < 4.78 is 4.74. The lowest BCUT2D eigenvalue weighted by Gasteiger charge is -2.28. The Morgan fingerprint density at radius 1 is 0.358 bits per heavy atom. The van der Waals surface area contributed by atoms with Gasteiger partial charge in [0.1, 0.15) is 11.6 Å². The maximum atomic E-state index is 12.9. The van der Waals surface area contributed by atoms with E-state index < -0.39 is 0 Å². The largest absolute Gasteiger partial charge is 0.507 e. The summed E-state index contributed by atoms with van der Waals surface area (Å²) in [5.41, 5.74) is 20.9. The molecule has 9 aromatic carbocycles. The van der Waals surface area contributed by atoms with Crippen molar-refractivity contribution in [3.63, 3.8) is 0 Å². The number of benzene rings is 9. The summed E-state index contributed by atoms with van der Waals surface area (Å²) in [4.78, 5) is 11.1. The zero-order valence-electron chi connectivity index (χ0n) is 48.9. The third-order valence-corrected chi connectivity index (χ3v) is 16.2. The SMILES string of the molecule is CC(C)(C)c1cc(-n2c(-c3cc(C(C)(C)C)cc(C(C)(C)C)c3O)nc3c(-c4cc(-c5ccccc5)cc(-c5cc(-c6cccc7c8ccccc8n(-c8ccccc8)c67)ccn5)c4)cc(-c4ccccc4)cc32)cc(C(C)(C)C)c1. The average molecular weight is 1060 g/mol. The molecular weight excluding hydrogens is 985 g/mol. The van der Waals surface area contributed by atoms with E-state index in [1.54, 1.807) is 0 Å². The molecule has 0 spiro atoms. The first kappa shape index (κ1) is 52.9. The Kier molecular flexibility index (Phi) is 12.9. The van der Waals surface area contributed by atoms with Crippen LogP contribution in [0, 0.1) is 0 Å². The Labute approximate surface area is 478 Å². The van der Waals surface area contributed by atoms with Crippen LogP contribution in [-0.4, -0.2) is 24.2 Å². The fourth-order valence-electron chi connectivity index (χ4n) is 11.6. The molecule has 0 saturated heterocycles. The fourth-order valence-corrected chi connectivity index (χ4v) is 11.6. The van der Waals surface area contributed by atoms with Gasteiger partial charge >= 0.3 is 0 Å². The van der Waals surface area contributed by atoms with Crippen molar-refractivity contribution in [1.29, 1.82) is 0 Å². The van der Waals surface area contributed by atoms with Gasteiger partial charge in [-0.25, -0.2) is 4.98 Å². The molecule has 3 heterocycles. The molecule has 0 unspecified atom stereocenters. The lowest BCUT2D eigenvalue weighted by Crippen LogP contribution is -2.18. The second-order valence-corrected chi connectivity index (χ2v) is 26.2. The molecule has 3 aromatic heterocycles. The van der Waals surface area contributed by atoms with Gasteiger partial charge in [-0.1, -0.05) is 210 Å². The van der Waals surface area contributed by atoms with Crippen LogP contribution < -0.4 is 0 Å². The van der Waals surface area contributed by atoms with Crippen LogP contribution in [0.4, 0.5) is 0 Å². The molecule has 5 nitrogen and oxygen atoms in total. The van der Waals surface area contributed by atoms with Crippen molar-refractivity contribution in [2.24, 2.45) is 0 Å².